The number of hydrogen-bond acceptors (Lipinski definition) is 5. The molecule has 1 aliphatic rings. The van der Waals surface area contributed by atoms with E-state index in [2.05, 4.69) is 45.6 Å². The van der Waals surface area contributed by atoms with Gasteiger partial charge in [0, 0.05) is 24.4 Å². The van der Waals surface area contributed by atoms with Crippen LogP contribution in [0.15, 0.2) is 54.9 Å². The van der Waals surface area contributed by atoms with Gasteiger partial charge < -0.3 is 15.2 Å². The summed E-state index contributed by atoms with van der Waals surface area (Å²) < 4.78 is 5.31. The molecule has 4 rings (SSSR count). The van der Waals surface area contributed by atoms with Crippen LogP contribution in [-0.2, 0) is 4.79 Å². The first-order valence-electron chi connectivity index (χ1n) is 11.1. The molecular formula is C26H29N3O3. The van der Waals surface area contributed by atoms with Crippen LogP contribution in [0, 0.1) is 12.8 Å². The Morgan fingerprint density at radius 1 is 1.09 bits per heavy atom. The van der Waals surface area contributed by atoms with Gasteiger partial charge in [0.1, 0.15) is 11.5 Å². The summed E-state index contributed by atoms with van der Waals surface area (Å²) in [5, 5.41) is 12.3. The Morgan fingerprint density at radius 2 is 1.84 bits per heavy atom. The summed E-state index contributed by atoms with van der Waals surface area (Å²) in [6, 6.07) is 14.6. The smallest absolute Gasteiger partial charge is 0.303 e. The number of ether oxygens (including phenoxy) is 1. The Labute approximate surface area is 188 Å². The highest BCUT2D eigenvalue weighted by molar-refractivity contribution is 5.69. The molecule has 2 N–H and O–H groups in total. The van der Waals surface area contributed by atoms with Crippen LogP contribution in [0.1, 0.15) is 49.1 Å². The number of carbonyl (C=O) groups is 1. The maximum Gasteiger partial charge on any atom is 0.303 e. The van der Waals surface area contributed by atoms with Crippen molar-refractivity contribution in [1.29, 1.82) is 0 Å². The van der Waals surface area contributed by atoms with Crippen molar-refractivity contribution < 1.29 is 14.6 Å². The zero-order chi connectivity index (χ0) is 22.5. The van der Waals surface area contributed by atoms with Gasteiger partial charge in [0.2, 0.25) is 5.88 Å². The molecule has 0 spiro atoms. The molecule has 2 aromatic heterocycles. The van der Waals surface area contributed by atoms with Crippen LogP contribution in [0.3, 0.4) is 0 Å². The topological polar surface area (TPSA) is 84.3 Å². The van der Waals surface area contributed by atoms with E-state index in [-0.39, 0.29) is 0 Å². The van der Waals surface area contributed by atoms with Gasteiger partial charge >= 0.3 is 5.97 Å². The van der Waals surface area contributed by atoms with Gasteiger partial charge in [0.05, 0.1) is 7.11 Å². The van der Waals surface area contributed by atoms with Gasteiger partial charge in [-0.3, -0.25) is 4.79 Å². The predicted molar refractivity (Wildman–Crippen MR) is 125 cm³/mol. The van der Waals surface area contributed by atoms with Crippen LogP contribution < -0.4 is 10.1 Å². The number of nitrogens with one attached hydrogen (secondary N) is 1. The molecule has 0 radical (unpaired) electrons. The monoisotopic (exact) mass is 431 g/mol. The Morgan fingerprint density at radius 3 is 2.50 bits per heavy atom. The maximum absolute atomic E-state index is 10.9. The molecule has 0 aliphatic heterocycles. The largest absolute Gasteiger partial charge is 0.481 e. The fourth-order valence-electron chi connectivity index (χ4n) is 4.53. The Bertz CT molecular complexity index is 1070. The lowest BCUT2D eigenvalue weighted by molar-refractivity contribution is -0.138. The van der Waals surface area contributed by atoms with Crippen LogP contribution >= 0.6 is 0 Å². The summed E-state index contributed by atoms with van der Waals surface area (Å²) >= 11 is 0. The normalized spacial score (nSPS) is 18.2. The van der Waals surface area contributed by atoms with Gasteiger partial charge in [0.15, 0.2) is 0 Å². The molecular weight excluding hydrogens is 402 g/mol. The first kappa shape index (κ1) is 21.8. The number of pyridine rings is 2. The van der Waals surface area contributed by atoms with Crippen molar-refractivity contribution in [3.8, 4) is 17.0 Å². The average molecular weight is 432 g/mol. The van der Waals surface area contributed by atoms with Gasteiger partial charge in [-0.2, -0.15) is 0 Å². The number of rotatable bonds is 7. The van der Waals surface area contributed by atoms with Crippen molar-refractivity contribution >= 4 is 17.5 Å². The van der Waals surface area contributed by atoms with Crippen molar-refractivity contribution in [1.82, 2.24) is 9.97 Å². The molecule has 6 nitrogen and oxygen atoms in total. The summed E-state index contributed by atoms with van der Waals surface area (Å²) in [6.07, 6.45) is 8.00. The number of carboxylic acid groups (broad SMARTS) is 1. The van der Waals surface area contributed by atoms with E-state index >= 15 is 0 Å². The third-order valence-electron chi connectivity index (χ3n) is 6.32. The molecule has 2 heterocycles. The highest BCUT2D eigenvalue weighted by Gasteiger charge is 2.24. The molecule has 1 fully saturated rings. The molecule has 0 atom stereocenters. The molecule has 3 aromatic rings. The zero-order valence-corrected chi connectivity index (χ0v) is 18.5. The van der Waals surface area contributed by atoms with Crippen LogP contribution in [0.2, 0.25) is 0 Å². The molecule has 166 valence electrons. The van der Waals surface area contributed by atoms with Gasteiger partial charge in [0.25, 0.3) is 0 Å². The number of methoxy groups -OCH3 is 1. The number of benzene rings is 1. The van der Waals surface area contributed by atoms with E-state index < -0.39 is 5.97 Å². The van der Waals surface area contributed by atoms with Crippen LogP contribution in [0.5, 0.6) is 5.88 Å². The predicted octanol–water partition coefficient (Wildman–Crippen LogP) is 5.95. The SMILES string of the molecule is COc1ncccc1Nc1ncc(-c2ccc(C3CCC(CC(=O)O)CC3)cc2)cc1C. The quantitative estimate of drug-likeness (QED) is 0.481. The minimum Gasteiger partial charge on any atom is -0.481 e. The fraction of sp³-hybridized carbons (Fsp3) is 0.346. The number of aliphatic carboxylic acids is 1. The van der Waals surface area contributed by atoms with Crippen molar-refractivity contribution in [2.45, 2.75) is 44.9 Å². The second-order valence-electron chi connectivity index (χ2n) is 8.51. The van der Waals surface area contributed by atoms with Gasteiger partial charge in [-0.15, -0.1) is 0 Å². The average Bonchev–Trinajstić information content (AvgIpc) is 2.81. The third-order valence-corrected chi connectivity index (χ3v) is 6.32. The van der Waals surface area contributed by atoms with E-state index in [4.69, 9.17) is 9.84 Å². The lowest BCUT2D eigenvalue weighted by Crippen LogP contribution is -2.16. The van der Waals surface area contributed by atoms with E-state index in [1.807, 2.05) is 25.3 Å². The maximum atomic E-state index is 10.9. The number of anilines is 2. The minimum atomic E-state index is -0.678. The minimum absolute atomic E-state index is 0.302. The van der Waals surface area contributed by atoms with Crippen molar-refractivity contribution in [3.05, 3.63) is 66.0 Å². The standard InChI is InChI=1S/C26H29N3O3/c1-17-14-22(16-28-25(17)29-23-4-3-13-27-26(23)32-2)21-11-9-20(10-12-21)19-7-5-18(6-8-19)15-24(30)31/h3-4,9-14,16,18-19H,5-8,15H2,1-2H3,(H,28,29)(H,30,31). The van der Waals surface area contributed by atoms with Gasteiger partial charge in [-0.25, -0.2) is 9.97 Å². The number of hydrogen-bond donors (Lipinski definition) is 2. The highest BCUT2D eigenvalue weighted by atomic mass is 16.5. The van der Waals surface area contributed by atoms with E-state index in [0.29, 0.717) is 24.1 Å². The van der Waals surface area contributed by atoms with Crippen molar-refractivity contribution in [2.24, 2.45) is 5.92 Å². The lowest BCUT2D eigenvalue weighted by Gasteiger charge is -2.28. The first-order chi connectivity index (χ1) is 15.5. The number of carboxylic acids is 1. The molecule has 0 amide bonds. The van der Waals surface area contributed by atoms with Crippen molar-refractivity contribution in [2.75, 3.05) is 12.4 Å². The number of aromatic nitrogens is 2. The van der Waals surface area contributed by atoms with Crippen LogP contribution in [-0.4, -0.2) is 28.2 Å². The van der Waals surface area contributed by atoms with E-state index in [0.717, 1.165) is 53.9 Å². The highest BCUT2D eigenvalue weighted by Crippen LogP contribution is 2.37. The third kappa shape index (κ3) is 5.07. The molecule has 0 saturated heterocycles. The zero-order valence-electron chi connectivity index (χ0n) is 18.5. The Hall–Kier alpha value is -3.41. The molecule has 0 bridgehead atoms. The second kappa shape index (κ2) is 9.81. The molecule has 1 aromatic carbocycles. The molecule has 0 unspecified atom stereocenters. The number of nitrogens with zero attached hydrogens (tertiary/aromatic N) is 2. The Kier molecular flexibility index (Phi) is 6.69. The summed E-state index contributed by atoms with van der Waals surface area (Å²) in [6.45, 7) is 2.03. The fourth-order valence-corrected chi connectivity index (χ4v) is 4.53. The number of aryl methyl sites for hydroxylation is 1. The van der Waals surface area contributed by atoms with E-state index in [1.165, 1.54) is 5.56 Å². The summed E-state index contributed by atoms with van der Waals surface area (Å²) in [4.78, 5) is 19.8. The van der Waals surface area contributed by atoms with E-state index in [9.17, 15) is 4.79 Å². The van der Waals surface area contributed by atoms with E-state index in [1.54, 1.807) is 13.3 Å². The van der Waals surface area contributed by atoms with Gasteiger partial charge in [-0.1, -0.05) is 24.3 Å². The summed E-state index contributed by atoms with van der Waals surface area (Å²) in [7, 11) is 1.60. The molecule has 1 saturated carbocycles. The van der Waals surface area contributed by atoms with Crippen LogP contribution in [0.4, 0.5) is 11.5 Å². The first-order valence-corrected chi connectivity index (χ1v) is 11.1. The van der Waals surface area contributed by atoms with Crippen LogP contribution in [0.25, 0.3) is 11.1 Å². The molecule has 1 aliphatic carbocycles. The summed E-state index contributed by atoms with van der Waals surface area (Å²) in [5.74, 6) is 1.48. The Balaban J connectivity index is 1.43. The van der Waals surface area contributed by atoms with Gasteiger partial charge in [-0.05, 0) is 79.3 Å². The van der Waals surface area contributed by atoms with Crippen molar-refractivity contribution in [3.63, 3.8) is 0 Å². The molecule has 32 heavy (non-hydrogen) atoms. The lowest BCUT2D eigenvalue weighted by atomic mass is 9.77. The molecule has 6 heteroatoms. The summed E-state index contributed by atoms with van der Waals surface area (Å²) in [5.41, 5.74) is 5.36. The second-order valence-corrected chi connectivity index (χ2v) is 8.51.